The van der Waals surface area contributed by atoms with E-state index < -0.39 is 5.60 Å². The highest BCUT2D eigenvalue weighted by Crippen LogP contribution is 2.45. The maximum absolute atomic E-state index is 13.1. The average Bonchev–Trinajstić information content (AvgIpc) is 3.61. The van der Waals surface area contributed by atoms with Gasteiger partial charge in [0.25, 0.3) is 5.91 Å². The molecule has 0 unspecified atom stereocenters. The van der Waals surface area contributed by atoms with E-state index in [0.717, 1.165) is 29.5 Å². The minimum atomic E-state index is -1.07. The third-order valence-electron chi connectivity index (χ3n) is 8.01. The van der Waals surface area contributed by atoms with Crippen LogP contribution in [-0.4, -0.2) is 68.5 Å². The number of aliphatic hydroxyl groups is 1. The lowest BCUT2D eigenvalue weighted by Crippen LogP contribution is -2.46. The van der Waals surface area contributed by atoms with Crippen LogP contribution in [0.2, 0.25) is 0 Å². The number of nitrogens with zero attached hydrogens (tertiary/aromatic N) is 7. The molecule has 0 saturated carbocycles. The number of ketones is 1. The molecule has 2 saturated heterocycles. The Kier molecular flexibility index (Phi) is 5.75. The molecule has 39 heavy (non-hydrogen) atoms. The van der Waals surface area contributed by atoms with Crippen LogP contribution in [0.25, 0.3) is 16.8 Å². The van der Waals surface area contributed by atoms with Gasteiger partial charge in [-0.15, -0.1) is 10.2 Å². The Morgan fingerprint density at radius 3 is 2.49 bits per heavy atom. The fourth-order valence-corrected chi connectivity index (χ4v) is 6.42. The van der Waals surface area contributed by atoms with E-state index in [-0.39, 0.29) is 41.3 Å². The van der Waals surface area contributed by atoms with Crippen molar-refractivity contribution in [3.05, 3.63) is 53.1 Å². The van der Waals surface area contributed by atoms with Crippen LogP contribution in [-0.2, 0) is 5.60 Å². The van der Waals surface area contributed by atoms with E-state index in [1.165, 1.54) is 17.8 Å². The minimum Gasteiger partial charge on any atom is -0.384 e. The number of carbonyl (C=O) groups is 2. The number of anilines is 1. The maximum Gasteiger partial charge on any atom is 0.292 e. The molecule has 0 aliphatic carbocycles. The van der Waals surface area contributed by atoms with Crippen LogP contribution >= 0.6 is 0 Å². The quantitative estimate of drug-likeness (QED) is 0.329. The van der Waals surface area contributed by atoms with Gasteiger partial charge < -0.3 is 20.7 Å². The molecule has 2 aliphatic rings. The highest BCUT2D eigenvalue weighted by molar-refractivity contribution is 6.00. The standard InChI is InChI=1S/C27H31N9O3/c1-13-7-16(10-29-22(13)27(3,4)39)19-11-32-36-23(28)20(14(2)37)21(33-25(19)36)15-8-17-5-6-18(9-15)35(17)26(38)24-30-12-31-34-24/h7,10-12,15,17-18,39H,5-6,8-9,28H2,1-4H3,(H,30,31,34)/t15-,17+,18-. The molecule has 2 aliphatic heterocycles. The second kappa shape index (κ2) is 8.94. The predicted octanol–water partition coefficient (Wildman–Crippen LogP) is 2.78. The van der Waals surface area contributed by atoms with Gasteiger partial charge in [0.2, 0.25) is 5.82 Å². The summed E-state index contributed by atoms with van der Waals surface area (Å²) in [6.07, 6.45) is 7.88. The Labute approximate surface area is 224 Å². The van der Waals surface area contributed by atoms with Crippen molar-refractivity contribution in [3.8, 4) is 11.1 Å². The lowest BCUT2D eigenvalue weighted by atomic mass is 9.85. The summed E-state index contributed by atoms with van der Waals surface area (Å²) in [5, 5.41) is 22.6. The number of rotatable bonds is 5. The van der Waals surface area contributed by atoms with Gasteiger partial charge >= 0.3 is 0 Å². The van der Waals surface area contributed by atoms with Gasteiger partial charge in [0.05, 0.1) is 23.1 Å². The van der Waals surface area contributed by atoms with Crippen LogP contribution in [0.5, 0.6) is 0 Å². The predicted molar refractivity (Wildman–Crippen MR) is 142 cm³/mol. The third kappa shape index (κ3) is 4.06. The zero-order valence-electron chi connectivity index (χ0n) is 22.3. The normalized spacial score (nSPS) is 21.1. The summed E-state index contributed by atoms with van der Waals surface area (Å²) in [6.45, 7) is 6.80. The number of nitrogens with two attached hydrogens (primary N) is 1. The van der Waals surface area contributed by atoms with Crippen LogP contribution in [0, 0.1) is 6.92 Å². The molecule has 6 heterocycles. The lowest BCUT2D eigenvalue weighted by Gasteiger charge is -2.38. The van der Waals surface area contributed by atoms with Crippen molar-refractivity contribution in [1.29, 1.82) is 0 Å². The molecular weight excluding hydrogens is 498 g/mol. The number of fused-ring (bicyclic) bond motifs is 3. The van der Waals surface area contributed by atoms with E-state index in [4.69, 9.17) is 10.7 Å². The number of pyridine rings is 1. The number of aromatic amines is 1. The molecule has 2 fully saturated rings. The molecule has 6 rings (SSSR count). The third-order valence-corrected chi connectivity index (χ3v) is 8.01. The Balaban J connectivity index is 1.41. The van der Waals surface area contributed by atoms with Gasteiger partial charge in [-0.05, 0) is 65.0 Å². The Hall–Kier alpha value is -4.19. The van der Waals surface area contributed by atoms with Crippen LogP contribution in [0.1, 0.15) is 90.3 Å². The number of aromatic nitrogens is 7. The van der Waals surface area contributed by atoms with Crippen molar-refractivity contribution in [3.63, 3.8) is 0 Å². The van der Waals surface area contributed by atoms with Crippen LogP contribution in [0.4, 0.5) is 5.82 Å². The summed E-state index contributed by atoms with van der Waals surface area (Å²) in [4.78, 5) is 40.2. The molecule has 202 valence electrons. The average molecular weight is 530 g/mol. The van der Waals surface area contributed by atoms with Gasteiger partial charge in [-0.1, -0.05) is 0 Å². The monoisotopic (exact) mass is 529 g/mol. The van der Waals surface area contributed by atoms with E-state index in [1.807, 2.05) is 17.9 Å². The molecule has 12 nitrogen and oxygen atoms in total. The van der Waals surface area contributed by atoms with Gasteiger partial charge in [-0.25, -0.2) is 4.98 Å². The van der Waals surface area contributed by atoms with Crippen molar-refractivity contribution in [2.45, 2.75) is 77.0 Å². The topological polar surface area (TPSA) is 168 Å². The molecule has 0 spiro atoms. The molecule has 4 aromatic rings. The van der Waals surface area contributed by atoms with E-state index >= 15 is 0 Å². The summed E-state index contributed by atoms with van der Waals surface area (Å²) in [5.41, 5.74) is 10.0. The lowest BCUT2D eigenvalue weighted by molar-refractivity contribution is 0.0556. The number of aryl methyl sites for hydroxylation is 1. The van der Waals surface area contributed by atoms with Crippen molar-refractivity contribution >= 4 is 23.2 Å². The van der Waals surface area contributed by atoms with E-state index in [2.05, 4.69) is 25.3 Å². The van der Waals surface area contributed by atoms with Gasteiger partial charge in [0.1, 0.15) is 17.7 Å². The number of piperidine rings is 1. The van der Waals surface area contributed by atoms with Crippen molar-refractivity contribution in [2.24, 2.45) is 0 Å². The van der Waals surface area contributed by atoms with Gasteiger partial charge in [-0.3, -0.25) is 14.6 Å². The number of hydrogen-bond donors (Lipinski definition) is 3. The highest BCUT2D eigenvalue weighted by atomic mass is 16.3. The Morgan fingerprint density at radius 1 is 1.18 bits per heavy atom. The summed E-state index contributed by atoms with van der Waals surface area (Å²) in [7, 11) is 0. The molecular formula is C27H31N9O3. The smallest absolute Gasteiger partial charge is 0.292 e. The van der Waals surface area contributed by atoms with Gasteiger partial charge in [-0.2, -0.15) is 9.61 Å². The highest BCUT2D eigenvalue weighted by Gasteiger charge is 2.45. The fraction of sp³-hybridized carbons (Fsp3) is 0.444. The van der Waals surface area contributed by atoms with Crippen LogP contribution in [0.15, 0.2) is 24.8 Å². The fourth-order valence-electron chi connectivity index (χ4n) is 6.42. The second-order valence-corrected chi connectivity index (χ2v) is 11.2. The second-order valence-electron chi connectivity index (χ2n) is 11.2. The minimum absolute atomic E-state index is 0.0102. The van der Waals surface area contributed by atoms with Crippen LogP contribution < -0.4 is 5.73 Å². The Bertz CT molecular complexity index is 1590. The molecule has 3 atom stereocenters. The first kappa shape index (κ1) is 25.1. The largest absolute Gasteiger partial charge is 0.384 e. The first-order valence-corrected chi connectivity index (χ1v) is 13.1. The number of nitrogen functional groups attached to an aromatic ring is 1. The summed E-state index contributed by atoms with van der Waals surface area (Å²) < 4.78 is 1.51. The molecule has 4 N–H and O–H groups in total. The van der Waals surface area contributed by atoms with E-state index in [9.17, 15) is 14.7 Å². The van der Waals surface area contributed by atoms with Crippen LogP contribution in [0.3, 0.4) is 0 Å². The number of hydrogen-bond acceptors (Lipinski definition) is 9. The first-order valence-electron chi connectivity index (χ1n) is 13.1. The number of nitrogens with one attached hydrogen (secondary N) is 1. The molecule has 0 aromatic carbocycles. The van der Waals surface area contributed by atoms with Crippen molar-refractivity contribution in [1.82, 2.24) is 39.7 Å². The number of amides is 1. The van der Waals surface area contributed by atoms with Crippen molar-refractivity contribution in [2.75, 3.05) is 5.73 Å². The summed E-state index contributed by atoms with van der Waals surface area (Å²) >= 11 is 0. The molecule has 2 bridgehead atoms. The SMILES string of the molecule is CC(=O)c1c([C@H]2C[C@H]3CC[C@@H](C2)N3C(=O)c2nnc[nH]2)nc2c(-c3cnc(C(C)(C)O)c(C)c3)cnn2c1N. The van der Waals surface area contributed by atoms with E-state index in [0.29, 0.717) is 35.4 Å². The van der Waals surface area contributed by atoms with Gasteiger partial charge in [0.15, 0.2) is 11.4 Å². The molecule has 4 aromatic heterocycles. The first-order chi connectivity index (χ1) is 18.5. The summed E-state index contributed by atoms with van der Waals surface area (Å²) in [6, 6.07) is 1.97. The number of H-pyrrole nitrogens is 1. The molecule has 12 heteroatoms. The molecule has 1 amide bonds. The molecule has 0 radical (unpaired) electrons. The van der Waals surface area contributed by atoms with Gasteiger partial charge in [0, 0.05) is 35.3 Å². The number of Topliss-reactive ketones (excluding diaryl/α,β-unsaturated/α-hetero) is 1. The summed E-state index contributed by atoms with van der Waals surface area (Å²) in [5.74, 6) is 0.116. The maximum atomic E-state index is 13.1. The zero-order chi connectivity index (χ0) is 27.6. The van der Waals surface area contributed by atoms with Crippen molar-refractivity contribution < 1.29 is 14.7 Å². The van der Waals surface area contributed by atoms with E-state index in [1.54, 1.807) is 26.2 Å². The Morgan fingerprint density at radius 2 is 1.90 bits per heavy atom. The number of carbonyl (C=O) groups excluding carboxylic acids is 2. The zero-order valence-corrected chi connectivity index (χ0v) is 22.3.